The molecule has 0 spiro atoms. The van der Waals surface area contributed by atoms with Crippen molar-refractivity contribution in [3.63, 3.8) is 0 Å². The molecule has 0 N–H and O–H groups in total. The average Bonchev–Trinajstić information content (AvgIpc) is 3.26. The Kier molecular flexibility index (Phi) is 22.4. The number of esters is 2. The topological polar surface area (TPSA) is 114 Å². The lowest BCUT2D eigenvalue weighted by Gasteiger charge is -2.08. The monoisotopic (exact) mass is 806 g/mol. The predicted octanol–water partition coefficient (Wildman–Crippen LogP) is 11.6. The maximum absolute atomic E-state index is 12.0. The van der Waals surface area contributed by atoms with Gasteiger partial charge in [-0.2, -0.15) is 0 Å². The van der Waals surface area contributed by atoms with Crippen molar-refractivity contribution in [3.05, 3.63) is 108 Å². The fraction of sp³-hybridized carbons (Fsp3) is 0.429. The lowest BCUT2D eigenvalue weighted by Crippen LogP contribution is -2.15. The number of carbonyl (C=O) groups is 2. The van der Waals surface area contributed by atoms with Gasteiger partial charge in [-0.15, -0.1) is 0 Å². The fourth-order valence-electron chi connectivity index (χ4n) is 5.61. The normalized spacial score (nSPS) is 11.2. The van der Waals surface area contributed by atoms with Gasteiger partial charge in [0.25, 0.3) is 0 Å². The first kappa shape index (κ1) is 46.1. The van der Waals surface area contributed by atoms with Crippen molar-refractivity contribution >= 4 is 35.7 Å². The third-order valence-corrected chi connectivity index (χ3v) is 9.12. The summed E-state index contributed by atoms with van der Waals surface area (Å²) in [6, 6.07) is 31.3. The van der Waals surface area contributed by atoms with E-state index in [1.807, 2.05) is 109 Å². The van der Waals surface area contributed by atoms with Gasteiger partial charge in [0.2, 0.25) is 0 Å². The van der Waals surface area contributed by atoms with Crippen LogP contribution in [0.5, 0.6) is 23.0 Å². The third-order valence-electron chi connectivity index (χ3n) is 9.12. The van der Waals surface area contributed by atoms with Crippen molar-refractivity contribution in [2.24, 2.45) is 9.98 Å². The number of hydrogen-bond donors (Lipinski definition) is 0. The molecule has 0 fully saturated rings. The van der Waals surface area contributed by atoms with Crippen LogP contribution in [0.2, 0.25) is 0 Å². The van der Waals surface area contributed by atoms with E-state index in [4.69, 9.17) is 28.4 Å². The largest absolute Gasteiger partial charge is 0.494 e. The molecule has 4 rings (SSSR count). The number of unbranched alkanes of at least 4 members (excludes halogenated alkanes) is 8. The summed E-state index contributed by atoms with van der Waals surface area (Å²) in [6.45, 7) is 7.55. The molecule has 0 amide bonds. The molecular formula is C49H62N2O8. The maximum Gasteiger partial charge on any atom is 0.317 e. The Bertz CT molecular complexity index is 1660. The number of carbonyl (C=O) groups excluding carboxylic acids is 2. The average molecular weight is 807 g/mol. The smallest absolute Gasteiger partial charge is 0.317 e. The van der Waals surface area contributed by atoms with Crippen molar-refractivity contribution in [2.75, 3.05) is 39.6 Å². The Hall–Kier alpha value is -5.64. The minimum atomic E-state index is -0.548. The van der Waals surface area contributed by atoms with Crippen LogP contribution in [-0.4, -0.2) is 64.0 Å². The van der Waals surface area contributed by atoms with Crippen molar-refractivity contribution in [1.82, 2.24) is 0 Å². The fourth-order valence-corrected chi connectivity index (χ4v) is 5.61. The second kappa shape index (κ2) is 28.7. The van der Waals surface area contributed by atoms with Crippen LogP contribution in [0.15, 0.2) is 107 Å². The standard InChI is InChI=1S/C49H62N2O8/c1-3-5-31-54-46-27-19-42(20-28-46)50-38-40-15-23-44(24-16-40)56-33-11-7-9-13-35-58-48(52)37-49(53)59-36-14-10-8-12-34-57-45-25-17-41(18-26-45)39-51-43-21-29-47(30-22-43)55-32-6-4-2/h15-30,38-39H,3-14,31-37H2,1-2H3. The van der Waals surface area contributed by atoms with Gasteiger partial charge in [-0.3, -0.25) is 19.6 Å². The molecule has 0 aliphatic rings. The Morgan fingerprint density at radius 2 is 0.712 bits per heavy atom. The minimum Gasteiger partial charge on any atom is -0.494 e. The van der Waals surface area contributed by atoms with Crippen LogP contribution in [0, 0.1) is 0 Å². The van der Waals surface area contributed by atoms with E-state index in [-0.39, 0.29) is 19.6 Å². The molecule has 0 bridgehead atoms. The Labute approximate surface area is 351 Å². The third kappa shape index (κ3) is 20.6. The number of ether oxygens (including phenoxy) is 6. The van der Waals surface area contributed by atoms with Gasteiger partial charge in [0.05, 0.1) is 51.0 Å². The summed E-state index contributed by atoms with van der Waals surface area (Å²) in [5.41, 5.74) is 3.72. The quantitative estimate of drug-likeness (QED) is 0.0221. The predicted molar refractivity (Wildman–Crippen MR) is 236 cm³/mol. The molecule has 0 saturated heterocycles. The van der Waals surface area contributed by atoms with Crippen molar-refractivity contribution < 1.29 is 38.0 Å². The zero-order valence-electron chi connectivity index (χ0n) is 35.0. The molecule has 0 heterocycles. The maximum atomic E-state index is 12.0. The van der Waals surface area contributed by atoms with Crippen LogP contribution in [0.25, 0.3) is 0 Å². The second-order valence-corrected chi connectivity index (χ2v) is 14.2. The number of hydrogen-bond acceptors (Lipinski definition) is 10. The van der Waals surface area contributed by atoms with Crippen LogP contribution in [0.1, 0.15) is 108 Å². The summed E-state index contributed by atoms with van der Waals surface area (Å²) in [5, 5.41) is 0. The summed E-state index contributed by atoms with van der Waals surface area (Å²) in [4.78, 5) is 33.2. The molecule has 0 aliphatic carbocycles. The highest BCUT2D eigenvalue weighted by atomic mass is 16.6. The van der Waals surface area contributed by atoms with E-state index in [9.17, 15) is 9.59 Å². The summed E-state index contributed by atoms with van der Waals surface area (Å²) in [7, 11) is 0. The van der Waals surface area contributed by atoms with Crippen LogP contribution in [0.4, 0.5) is 11.4 Å². The highest BCUT2D eigenvalue weighted by Crippen LogP contribution is 2.21. The molecule has 4 aromatic rings. The van der Waals surface area contributed by atoms with Gasteiger partial charge in [0.15, 0.2) is 0 Å². The minimum absolute atomic E-state index is 0.290. The molecule has 0 unspecified atom stereocenters. The number of rotatable bonds is 30. The Morgan fingerprint density at radius 3 is 1.05 bits per heavy atom. The van der Waals surface area contributed by atoms with Gasteiger partial charge in [-0.25, -0.2) is 0 Å². The molecule has 316 valence electrons. The van der Waals surface area contributed by atoms with Gasteiger partial charge in [0, 0.05) is 12.4 Å². The van der Waals surface area contributed by atoms with Crippen LogP contribution in [0.3, 0.4) is 0 Å². The Morgan fingerprint density at radius 1 is 0.407 bits per heavy atom. The molecular weight excluding hydrogens is 745 g/mol. The second-order valence-electron chi connectivity index (χ2n) is 14.2. The van der Waals surface area contributed by atoms with E-state index >= 15 is 0 Å². The summed E-state index contributed by atoms with van der Waals surface area (Å²) in [5.74, 6) is 2.26. The van der Waals surface area contributed by atoms with E-state index in [2.05, 4.69) is 23.8 Å². The van der Waals surface area contributed by atoms with Gasteiger partial charge in [0.1, 0.15) is 29.4 Å². The summed E-state index contributed by atoms with van der Waals surface area (Å²) >= 11 is 0. The highest BCUT2D eigenvalue weighted by molar-refractivity contribution is 5.91. The van der Waals surface area contributed by atoms with Gasteiger partial charge in [-0.1, -0.05) is 26.7 Å². The lowest BCUT2D eigenvalue weighted by molar-refractivity contribution is -0.154. The molecule has 59 heavy (non-hydrogen) atoms. The van der Waals surface area contributed by atoms with Gasteiger partial charge in [-0.05, 0) is 172 Å². The molecule has 0 radical (unpaired) electrons. The summed E-state index contributed by atoms with van der Waals surface area (Å²) < 4.78 is 33.6. The molecule has 10 nitrogen and oxygen atoms in total. The number of aliphatic imine (C=N–C) groups is 2. The van der Waals surface area contributed by atoms with E-state index in [0.717, 1.165) is 136 Å². The molecule has 0 saturated carbocycles. The highest BCUT2D eigenvalue weighted by Gasteiger charge is 2.12. The van der Waals surface area contributed by atoms with Crippen LogP contribution >= 0.6 is 0 Å². The molecule has 0 aromatic heterocycles. The first-order valence-electron chi connectivity index (χ1n) is 21.3. The van der Waals surface area contributed by atoms with Crippen LogP contribution < -0.4 is 18.9 Å². The number of nitrogens with zero attached hydrogens (tertiary/aromatic N) is 2. The van der Waals surface area contributed by atoms with E-state index in [1.54, 1.807) is 0 Å². The van der Waals surface area contributed by atoms with E-state index < -0.39 is 11.9 Å². The van der Waals surface area contributed by atoms with Crippen LogP contribution in [-0.2, 0) is 19.1 Å². The molecule has 4 aromatic carbocycles. The molecule has 0 atom stereocenters. The van der Waals surface area contributed by atoms with Gasteiger partial charge < -0.3 is 28.4 Å². The first-order chi connectivity index (χ1) is 29.0. The summed E-state index contributed by atoms with van der Waals surface area (Å²) in [6.07, 6.45) is 14.6. The van der Waals surface area contributed by atoms with Crippen molar-refractivity contribution in [1.29, 1.82) is 0 Å². The SMILES string of the molecule is CCCCOc1ccc(N=Cc2ccc(OCCCCCCOC(=O)CC(=O)OCCCCCCOc3ccc(C=Nc4ccc(OCCCC)cc4)cc3)cc2)cc1. The van der Waals surface area contributed by atoms with Crippen molar-refractivity contribution in [2.45, 2.75) is 97.3 Å². The zero-order valence-corrected chi connectivity index (χ0v) is 35.0. The number of benzene rings is 4. The molecule has 10 heteroatoms. The molecule has 0 aliphatic heterocycles. The van der Waals surface area contributed by atoms with Crippen molar-refractivity contribution in [3.8, 4) is 23.0 Å². The Balaban J connectivity index is 0.927. The van der Waals surface area contributed by atoms with E-state index in [1.165, 1.54) is 0 Å². The zero-order chi connectivity index (χ0) is 41.6. The first-order valence-corrected chi connectivity index (χ1v) is 21.3. The van der Waals surface area contributed by atoms with Gasteiger partial charge >= 0.3 is 11.9 Å². The van der Waals surface area contributed by atoms with E-state index in [0.29, 0.717) is 13.2 Å². The lowest BCUT2D eigenvalue weighted by atomic mass is 10.2.